The molecule has 0 bridgehead atoms. The van der Waals surface area contributed by atoms with Gasteiger partial charge in [0.2, 0.25) is 0 Å². The number of aromatic hydroxyl groups is 1. The standard InChI is InChI=1S/C13H18O/c1-11(2)5-3-4-6-12-7-9-13(14)10-8-12/h5,7-10,14H,3-4,6H2,1-2H3. The highest BCUT2D eigenvalue weighted by Gasteiger charge is 1.92. The van der Waals surface area contributed by atoms with Crippen LogP contribution in [-0.2, 0) is 6.42 Å². The van der Waals surface area contributed by atoms with Crippen LogP contribution in [0.4, 0.5) is 0 Å². The number of phenols is 1. The smallest absolute Gasteiger partial charge is 0.115 e. The van der Waals surface area contributed by atoms with Crippen molar-refractivity contribution < 1.29 is 5.11 Å². The molecule has 0 radical (unpaired) electrons. The molecule has 0 saturated heterocycles. The molecule has 1 heteroatoms. The molecule has 0 fully saturated rings. The molecule has 14 heavy (non-hydrogen) atoms. The van der Waals surface area contributed by atoms with E-state index in [-0.39, 0.29) is 0 Å². The minimum Gasteiger partial charge on any atom is -0.508 e. The summed E-state index contributed by atoms with van der Waals surface area (Å²) in [5.74, 6) is 0.345. The maximum Gasteiger partial charge on any atom is 0.115 e. The molecule has 0 spiro atoms. The predicted octanol–water partition coefficient (Wildman–Crippen LogP) is 3.68. The molecule has 0 aliphatic carbocycles. The predicted molar refractivity (Wildman–Crippen MR) is 60.5 cm³/mol. The molecule has 1 aromatic rings. The summed E-state index contributed by atoms with van der Waals surface area (Å²) in [4.78, 5) is 0. The quantitative estimate of drug-likeness (QED) is 0.567. The molecule has 0 aliphatic heterocycles. The Hall–Kier alpha value is -1.24. The Morgan fingerprint density at radius 3 is 2.43 bits per heavy atom. The minimum absolute atomic E-state index is 0.345. The number of rotatable bonds is 4. The number of aryl methyl sites for hydroxylation is 1. The number of hydrogen-bond acceptors (Lipinski definition) is 1. The van der Waals surface area contributed by atoms with Crippen LogP contribution in [0.2, 0.25) is 0 Å². The van der Waals surface area contributed by atoms with Crippen LogP contribution >= 0.6 is 0 Å². The molecule has 1 rings (SSSR count). The van der Waals surface area contributed by atoms with Gasteiger partial charge in [0.1, 0.15) is 5.75 Å². The van der Waals surface area contributed by atoms with Crippen LogP contribution in [0.25, 0.3) is 0 Å². The molecule has 0 aliphatic rings. The molecule has 0 amide bonds. The maximum atomic E-state index is 9.09. The van der Waals surface area contributed by atoms with Crippen molar-refractivity contribution in [3.05, 3.63) is 41.5 Å². The van der Waals surface area contributed by atoms with Gasteiger partial charge in [-0.05, 0) is 50.8 Å². The van der Waals surface area contributed by atoms with Crippen LogP contribution in [0.3, 0.4) is 0 Å². The van der Waals surface area contributed by atoms with E-state index in [2.05, 4.69) is 19.9 Å². The molecule has 0 unspecified atom stereocenters. The van der Waals surface area contributed by atoms with Gasteiger partial charge in [-0.15, -0.1) is 0 Å². The summed E-state index contributed by atoms with van der Waals surface area (Å²) >= 11 is 0. The number of phenolic OH excluding ortho intramolecular Hbond substituents is 1. The van der Waals surface area contributed by atoms with Crippen molar-refractivity contribution in [2.45, 2.75) is 33.1 Å². The van der Waals surface area contributed by atoms with Gasteiger partial charge < -0.3 is 5.11 Å². The van der Waals surface area contributed by atoms with Gasteiger partial charge in [0.15, 0.2) is 0 Å². The summed E-state index contributed by atoms with van der Waals surface area (Å²) in [5.41, 5.74) is 2.68. The summed E-state index contributed by atoms with van der Waals surface area (Å²) in [7, 11) is 0. The molecule has 0 heterocycles. The molecule has 0 atom stereocenters. The van der Waals surface area contributed by atoms with Gasteiger partial charge in [-0.3, -0.25) is 0 Å². The molecule has 1 aromatic carbocycles. The first kappa shape index (κ1) is 10.8. The van der Waals surface area contributed by atoms with E-state index in [9.17, 15) is 0 Å². The fourth-order valence-corrected chi connectivity index (χ4v) is 1.36. The average Bonchev–Trinajstić information content (AvgIpc) is 2.15. The van der Waals surface area contributed by atoms with Crippen molar-refractivity contribution in [3.8, 4) is 5.75 Å². The number of unbranched alkanes of at least 4 members (excludes halogenated alkanes) is 1. The van der Waals surface area contributed by atoms with Gasteiger partial charge in [0.05, 0.1) is 0 Å². The van der Waals surface area contributed by atoms with E-state index >= 15 is 0 Å². The number of hydrogen-bond donors (Lipinski definition) is 1. The topological polar surface area (TPSA) is 20.2 Å². The van der Waals surface area contributed by atoms with Crippen LogP contribution in [0.1, 0.15) is 32.3 Å². The second-order valence-electron chi connectivity index (χ2n) is 3.84. The van der Waals surface area contributed by atoms with Crippen LogP contribution < -0.4 is 0 Å². The lowest BCUT2D eigenvalue weighted by molar-refractivity contribution is 0.475. The van der Waals surface area contributed by atoms with Crippen molar-refractivity contribution >= 4 is 0 Å². The van der Waals surface area contributed by atoms with Crippen molar-refractivity contribution in [2.24, 2.45) is 0 Å². The Kier molecular flexibility index (Phi) is 4.24. The summed E-state index contributed by atoms with van der Waals surface area (Å²) < 4.78 is 0. The second kappa shape index (κ2) is 5.48. The van der Waals surface area contributed by atoms with E-state index in [1.54, 1.807) is 12.1 Å². The van der Waals surface area contributed by atoms with Crippen LogP contribution in [-0.4, -0.2) is 5.11 Å². The monoisotopic (exact) mass is 190 g/mol. The third-order valence-electron chi connectivity index (χ3n) is 2.16. The highest BCUT2D eigenvalue weighted by atomic mass is 16.3. The largest absolute Gasteiger partial charge is 0.508 e. The Labute approximate surface area is 86.1 Å². The van der Waals surface area contributed by atoms with Crippen LogP contribution in [0.15, 0.2) is 35.9 Å². The highest BCUT2D eigenvalue weighted by Crippen LogP contribution is 2.12. The molecule has 1 N–H and O–H groups in total. The first-order chi connectivity index (χ1) is 6.68. The lowest BCUT2D eigenvalue weighted by Gasteiger charge is -1.99. The van der Waals surface area contributed by atoms with Gasteiger partial charge in [0.25, 0.3) is 0 Å². The zero-order valence-electron chi connectivity index (χ0n) is 8.96. The lowest BCUT2D eigenvalue weighted by atomic mass is 10.1. The third-order valence-corrected chi connectivity index (χ3v) is 2.16. The van der Waals surface area contributed by atoms with Gasteiger partial charge in [-0.2, -0.15) is 0 Å². The minimum atomic E-state index is 0.345. The van der Waals surface area contributed by atoms with Crippen LogP contribution in [0.5, 0.6) is 5.75 Å². The Morgan fingerprint density at radius 2 is 1.86 bits per heavy atom. The first-order valence-corrected chi connectivity index (χ1v) is 5.10. The van der Waals surface area contributed by atoms with E-state index in [0.29, 0.717) is 5.75 Å². The Bertz CT molecular complexity index is 292. The molecule has 1 nitrogen and oxygen atoms in total. The lowest BCUT2D eigenvalue weighted by Crippen LogP contribution is -1.83. The molecule has 0 aromatic heterocycles. The summed E-state index contributed by atoms with van der Waals surface area (Å²) in [6.45, 7) is 4.25. The van der Waals surface area contributed by atoms with Crippen molar-refractivity contribution in [1.29, 1.82) is 0 Å². The molecule has 0 saturated carbocycles. The number of benzene rings is 1. The zero-order chi connectivity index (χ0) is 10.4. The van der Waals surface area contributed by atoms with E-state index in [1.165, 1.54) is 17.6 Å². The van der Waals surface area contributed by atoms with Gasteiger partial charge >= 0.3 is 0 Å². The SMILES string of the molecule is CC(C)=CCCCc1ccc(O)cc1. The fraction of sp³-hybridized carbons (Fsp3) is 0.385. The Balaban J connectivity index is 2.32. The van der Waals surface area contributed by atoms with E-state index in [0.717, 1.165) is 12.8 Å². The maximum absolute atomic E-state index is 9.09. The van der Waals surface area contributed by atoms with E-state index in [4.69, 9.17) is 5.11 Å². The van der Waals surface area contributed by atoms with Crippen LogP contribution in [0, 0.1) is 0 Å². The van der Waals surface area contributed by atoms with Crippen molar-refractivity contribution in [3.63, 3.8) is 0 Å². The highest BCUT2D eigenvalue weighted by molar-refractivity contribution is 5.25. The van der Waals surface area contributed by atoms with E-state index < -0.39 is 0 Å². The first-order valence-electron chi connectivity index (χ1n) is 5.10. The Morgan fingerprint density at radius 1 is 1.21 bits per heavy atom. The van der Waals surface area contributed by atoms with Gasteiger partial charge in [-0.1, -0.05) is 23.8 Å². The summed E-state index contributed by atoms with van der Waals surface area (Å²) in [6, 6.07) is 7.46. The fourth-order valence-electron chi connectivity index (χ4n) is 1.36. The second-order valence-corrected chi connectivity index (χ2v) is 3.84. The van der Waals surface area contributed by atoms with Crippen molar-refractivity contribution in [1.82, 2.24) is 0 Å². The molecule has 76 valence electrons. The summed E-state index contributed by atoms with van der Waals surface area (Å²) in [5, 5.41) is 9.09. The molecular weight excluding hydrogens is 172 g/mol. The van der Waals surface area contributed by atoms with Gasteiger partial charge in [0, 0.05) is 0 Å². The average molecular weight is 190 g/mol. The van der Waals surface area contributed by atoms with Gasteiger partial charge in [-0.25, -0.2) is 0 Å². The van der Waals surface area contributed by atoms with E-state index in [1.807, 2.05) is 12.1 Å². The normalized spacial score (nSPS) is 9.86. The third kappa shape index (κ3) is 4.13. The number of allylic oxidation sites excluding steroid dienone is 2. The summed E-state index contributed by atoms with van der Waals surface area (Å²) in [6.07, 6.45) is 5.67. The molecular formula is C13H18O. The van der Waals surface area contributed by atoms with Crippen molar-refractivity contribution in [2.75, 3.05) is 0 Å². The zero-order valence-corrected chi connectivity index (χ0v) is 8.96.